The highest BCUT2D eigenvalue weighted by Crippen LogP contribution is 2.21. The van der Waals surface area contributed by atoms with E-state index in [0.717, 1.165) is 30.2 Å². The van der Waals surface area contributed by atoms with Crippen LogP contribution in [0.2, 0.25) is 5.02 Å². The summed E-state index contributed by atoms with van der Waals surface area (Å²) in [5.41, 5.74) is 0. The summed E-state index contributed by atoms with van der Waals surface area (Å²) in [6.07, 6.45) is 6.44. The average molecular weight is 298 g/mol. The van der Waals surface area contributed by atoms with Crippen LogP contribution >= 0.6 is 23.4 Å². The molecule has 0 saturated carbocycles. The molecule has 104 valence electrons. The minimum Gasteiger partial charge on any atom is -0.356 e. The number of rotatable bonds is 8. The molecule has 2 nitrogen and oxygen atoms in total. The summed E-state index contributed by atoms with van der Waals surface area (Å²) in [4.78, 5) is 12.7. The molecule has 1 aromatic rings. The highest BCUT2D eigenvalue weighted by Gasteiger charge is 2.00. The van der Waals surface area contributed by atoms with Crippen LogP contribution < -0.4 is 5.32 Å². The minimum absolute atomic E-state index is 0.140. The first-order valence-electron chi connectivity index (χ1n) is 6.48. The summed E-state index contributed by atoms with van der Waals surface area (Å²) in [5, 5.41) is 3.66. The van der Waals surface area contributed by atoms with Gasteiger partial charge < -0.3 is 5.32 Å². The van der Waals surface area contributed by atoms with Gasteiger partial charge in [-0.05, 0) is 49.8 Å². The lowest BCUT2D eigenvalue weighted by Gasteiger charge is -2.04. The topological polar surface area (TPSA) is 29.1 Å². The molecule has 0 unspecified atom stereocenters. The van der Waals surface area contributed by atoms with Gasteiger partial charge in [0.1, 0.15) is 0 Å². The van der Waals surface area contributed by atoms with E-state index in [9.17, 15) is 4.79 Å². The van der Waals surface area contributed by atoms with Gasteiger partial charge in [-0.3, -0.25) is 4.79 Å². The molecule has 0 atom stereocenters. The molecule has 0 bridgehead atoms. The van der Waals surface area contributed by atoms with Crippen molar-refractivity contribution in [2.75, 3.05) is 12.3 Å². The van der Waals surface area contributed by atoms with E-state index in [-0.39, 0.29) is 5.91 Å². The number of hydrogen-bond donors (Lipinski definition) is 1. The molecule has 0 aliphatic carbocycles. The molecule has 0 radical (unpaired) electrons. The molecule has 0 aliphatic rings. The Morgan fingerprint density at radius 1 is 1.37 bits per heavy atom. The monoisotopic (exact) mass is 297 g/mol. The Morgan fingerprint density at radius 2 is 2.11 bits per heavy atom. The van der Waals surface area contributed by atoms with Gasteiger partial charge in [-0.1, -0.05) is 23.8 Å². The number of hydrogen-bond acceptors (Lipinski definition) is 2. The Balaban J connectivity index is 2.07. The molecule has 0 spiro atoms. The molecule has 0 fully saturated rings. The van der Waals surface area contributed by atoms with Crippen LogP contribution in [0.15, 0.2) is 41.3 Å². The van der Waals surface area contributed by atoms with Crippen molar-refractivity contribution in [2.45, 2.75) is 31.1 Å². The first-order valence-corrected chi connectivity index (χ1v) is 7.85. The van der Waals surface area contributed by atoms with Gasteiger partial charge in [0.15, 0.2) is 0 Å². The van der Waals surface area contributed by atoms with Gasteiger partial charge in [-0.15, -0.1) is 11.8 Å². The minimum atomic E-state index is 0.140. The van der Waals surface area contributed by atoms with E-state index in [0.29, 0.717) is 6.42 Å². The first-order chi connectivity index (χ1) is 9.22. The van der Waals surface area contributed by atoms with E-state index >= 15 is 0 Å². The number of carbonyl (C=O) groups excluding carboxylic acids is 1. The fourth-order valence-electron chi connectivity index (χ4n) is 1.50. The lowest BCUT2D eigenvalue weighted by atomic mass is 10.3. The van der Waals surface area contributed by atoms with Crippen LogP contribution in [0.3, 0.4) is 0 Å². The molecule has 4 heteroatoms. The number of thioether (sulfide) groups is 1. The Hall–Kier alpha value is -0.930. The maximum Gasteiger partial charge on any atom is 0.220 e. The molecule has 0 saturated heterocycles. The summed E-state index contributed by atoms with van der Waals surface area (Å²) in [5.74, 6) is 1.09. The van der Waals surface area contributed by atoms with Crippen molar-refractivity contribution in [3.05, 3.63) is 41.4 Å². The number of amides is 1. The Kier molecular flexibility index (Phi) is 8.43. The maximum absolute atomic E-state index is 11.5. The zero-order valence-corrected chi connectivity index (χ0v) is 12.8. The third-order valence-corrected chi connectivity index (χ3v) is 3.85. The summed E-state index contributed by atoms with van der Waals surface area (Å²) < 4.78 is 0. The van der Waals surface area contributed by atoms with Crippen molar-refractivity contribution in [1.82, 2.24) is 5.32 Å². The van der Waals surface area contributed by atoms with E-state index in [2.05, 4.69) is 11.4 Å². The van der Waals surface area contributed by atoms with Gasteiger partial charge in [0.05, 0.1) is 0 Å². The van der Waals surface area contributed by atoms with Crippen LogP contribution in [-0.2, 0) is 4.79 Å². The van der Waals surface area contributed by atoms with Crippen molar-refractivity contribution < 1.29 is 4.79 Å². The van der Waals surface area contributed by atoms with Crippen molar-refractivity contribution in [3.63, 3.8) is 0 Å². The van der Waals surface area contributed by atoms with Gasteiger partial charge >= 0.3 is 0 Å². The predicted octanol–water partition coefficient (Wildman–Crippen LogP) is 4.29. The van der Waals surface area contributed by atoms with Crippen LogP contribution in [-0.4, -0.2) is 18.2 Å². The van der Waals surface area contributed by atoms with E-state index in [1.807, 2.05) is 37.3 Å². The van der Waals surface area contributed by atoms with Gasteiger partial charge in [0.25, 0.3) is 0 Å². The summed E-state index contributed by atoms with van der Waals surface area (Å²) >= 11 is 7.57. The summed E-state index contributed by atoms with van der Waals surface area (Å²) in [6.45, 7) is 2.71. The summed E-state index contributed by atoms with van der Waals surface area (Å²) in [7, 11) is 0. The normalized spacial score (nSPS) is 10.8. The number of benzene rings is 1. The lowest BCUT2D eigenvalue weighted by molar-refractivity contribution is -0.121. The molecule has 0 heterocycles. The first kappa shape index (κ1) is 16.1. The Morgan fingerprint density at radius 3 is 2.79 bits per heavy atom. The maximum atomic E-state index is 11.5. The molecule has 19 heavy (non-hydrogen) atoms. The number of halogens is 1. The molecule has 1 rings (SSSR count). The summed E-state index contributed by atoms with van der Waals surface area (Å²) in [6, 6.07) is 7.78. The van der Waals surface area contributed by atoms with Crippen LogP contribution in [0.1, 0.15) is 26.2 Å². The SMILES string of the molecule is C/C=C/CCNC(=O)CCCSc1ccc(Cl)cc1. The van der Waals surface area contributed by atoms with Crippen molar-refractivity contribution in [2.24, 2.45) is 0 Å². The number of nitrogens with one attached hydrogen (secondary N) is 1. The van der Waals surface area contributed by atoms with E-state index < -0.39 is 0 Å². The van der Waals surface area contributed by atoms with Crippen LogP contribution in [0, 0.1) is 0 Å². The second-order valence-electron chi connectivity index (χ2n) is 4.11. The fraction of sp³-hybridized carbons (Fsp3) is 0.400. The van der Waals surface area contributed by atoms with Gasteiger partial charge in [-0.2, -0.15) is 0 Å². The number of carbonyl (C=O) groups is 1. The van der Waals surface area contributed by atoms with E-state index in [1.165, 1.54) is 4.90 Å². The molecule has 1 N–H and O–H groups in total. The fourth-order valence-corrected chi connectivity index (χ4v) is 2.48. The van der Waals surface area contributed by atoms with Gasteiger partial charge in [-0.25, -0.2) is 0 Å². The van der Waals surface area contributed by atoms with E-state index in [4.69, 9.17) is 11.6 Å². The second-order valence-corrected chi connectivity index (χ2v) is 5.72. The third kappa shape index (κ3) is 7.96. The van der Waals surface area contributed by atoms with Gasteiger partial charge in [0.2, 0.25) is 5.91 Å². The van der Waals surface area contributed by atoms with Crippen LogP contribution in [0.4, 0.5) is 0 Å². The van der Waals surface area contributed by atoms with Crippen molar-refractivity contribution >= 4 is 29.3 Å². The highest BCUT2D eigenvalue weighted by molar-refractivity contribution is 7.99. The smallest absolute Gasteiger partial charge is 0.220 e. The van der Waals surface area contributed by atoms with Crippen molar-refractivity contribution in [3.8, 4) is 0 Å². The lowest BCUT2D eigenvalue weighted by Crippen LogP contribution is -2.23. The van der Waals surface area contributed by atoms with Crippen molar-refractivity contribution in [1.29, 1.82) is 0 Å². The standard InChI is InChI=1S/C15H20ClNOS/c1-2-3-4-11-17-15(18)6-5-12-19-14-9-7-13(16)8-10-14/h2-3,7-10H,4-6,11-12H2,1H3,(H,17,18)/b3-2+. The zero-order valence-electron chi connectivity index (χ0n) is 11.2. The van der Waals surface area contributed by atoms with Crippen LogP contribution in [0.25, 0.3) is 0 Å². The molecular weight excluding hydrogens is 278 g/mol. The van der Waals surface area contributed by atoms with E-state index in [1.54, 1.807) is 11.8 Å². The third-order valence-electron chi connectivity index (χ3n) is 2.50. The number of allylic oxidation sites excluding steroid dienone is 1. The Labute approximate surface area is 124 Å². The average Bonchev–Trinajstić information content (AvgIpc) is 2.42. The molecular formula is C15H20ClNOS. The zero-order chi connectivity index (χ0) is 13.9. The molecule has 0 aromatic heterocycles. The second kappa shape index (κ2) is 9.93. The molecule has 0 aliphatic heterocycles. The van der Waals surface area contributed by atoms with Crippen LogP contribution in [0.5, 0.6) is 0 Å². The molecule has 1 aromatic carbocycles. The predicted molar refractivity (Wildman–Crippen MR) is 83.9 cm³/mol. The highest BCUT2D eigenvalue weighted by atomic mass is 35.5. The molecule has 1 amide bonds. The largest absolute Gasteiger partial charge is 0.356 e. The van der Waals surface area contributed by atoms with Gasteiger partial charge in [0, 0.05) is 22.9 Å². The Bertz CT molecular complexity index is 403. The quantitative estimate of drug-likeness (QED) is 0.440.